The van der Waals surface area contributed by atoms with Crippen molar-refractivity contribution in [3.8, 4) is 45.8 Å². The zero-order valence-corrected chi connectivity index (χ0v) is 19.4. The van der Waals surface area contributed by atoms with Gasteiger partial charge >= 0.3 is 6.01 Å². The Labute approximate surface area is 203 Å². The molecule has 0 atom stereocenters. The molecule has 3 aromatic carbocycles. The number of nitrogens with zero attached hydrogens (tertiary/aromatic N) is 4. The predicted molar refractivity (Wildman–Crippen MR) is 134 cm³/mol. The highest BCUT2D eigenvalue weighted by Gasteiger charge is 2.17. The molecule has 0 aliphatic heterocycles. The summed E-state index contributed by atoms with van der Waals surface area (Å²) < 4.78 is 19.4. The maximum Gasteiger partial charge on any atom is 0.322 e. The Bertz CT molecular complexity index is 1410. The molecule has 35 heavy (non-hydrogen) atoms. The summed E-state index contributed by atoms with van der Waals surface area (Å²) in [6.45, 7) is 0.857. The largest absolute Gasteiger partial charge is 0.424 e. The maximum absolute atomic E-state index is 13.6. The molecule has 0 aliphatic carbocycles. The van der Waals surface area contributed by atoms with Crippen molar-refractivity contribution in [2.24, 2.45) is 0 Å². The van der Waals surface area contributed by atoms with Crippen molar-refractivity contribution in [3.05, 3.63) is 103 Å². The number of H-pyrrole nitrogens is 1. The Morgan fingerprint density at radius 3 is 2.26 bits per heavy atom. The minimum atomic E-state index is -0.303. The minimum absolute atomic E-state index is 0.225. The first-order valence-corrected chi connectivity index (χ1v) is 11.2. The molecule has 0 bridgehead atoms. The van der Waals surface area contributed by atoms with Crippen LogP contribution in [0.3, 0.4) is 0 Å². The first kappa shape index (κ1) is 22.4. The second-order valence-electron chi connectivity index (χ2n) is 8.39. The zero-order valence-electron chi connectivity index (χ0n) is 19.4. The number of rotatable bonds is 7. The van der Waals surface area contributed by atoms with Crippen molar-refractivity contribution < 1.29 is 9.13 Å². The van der Waals surface area contributed by atoms with Crippen LogP contribution in [0, 0.1) is 5.82 Å². The summed E-state index contributed by atoms with van der Waals surface area (Å²) in [6.07, 6.45) is 1.64. The lowest BCUT2D eigenvalue weighted by Gasteiger charge is -2.09. The van der Waals surface area contributed by atoms with E-state index >= 15 is 0 Å². The fourth-order valence-electron chi connectivity index (χ4n) is 3.77. The van der Waals surface area contributed by atoms with Crippen LogP contribution < -0.4 is 4.74 Å². The molecule has 0 fully saturated rings. The molecule has 0 radical (unpaired) electrons. The van der Waals surface area contributed by atoms with E-state index in [1.54, 1.807) is 24.4 Å². The molecule has 0 saturated carbocycles. The Morgan fingerprint density at radius 1 is 0.829 bits per heavy atom. The number of ether oxygens (including phenoxy) is 1. The van der Waals surface area contributed by atoms with Crippen molar-refractivity contribution in [2.45, 2.75) is 6.54 Å². The molecule has 0 spiro atoms. The van der Waals surface area contributed by atoms with E-state index in [1.807, 2.05) is 56.6 Å². The molecule has 5 aromatic rings. The van der Waals surface area contributed by atoms with Gasteiger partial charge in [0.2, 0.25) is 0 Å². The normalized spacial score (nSPS) is 11.1. The minimum Gasteiger partial charge on any atom is -0.424 e. The number of imidazole rings is 1. The monoisotopic (exact) mass is 465 g/mol. The number of nitrogens with one attached hydrogen (secondary N) is 1. The number of hydrogen-bond donors (Lipinski definition) is 1. The number of benzene rings is 3. The highest BCUT2D eigenvalue weighted by Crippen LogP contribution is 2.33. The third-order valence-electron chi connectivity index (χ3n) is 5.39. The molecule has 0 saturated heterocycles. The lowest BCUT2D eigenvalue weighted by molar-refractivity contribution is 0.402. The van der Waals surface area contributed by atoms with Gasteiger partial charge in [-0.15, -0.1) is 0 Å². The van der Waals surface area contributed by atoms with Gasteiger partial charge in [-0.1, -0.05) is 42.5 Å². The van der Waals surface area contributed by atoms with E-state index < -0.39 is 0 Å². The van der Waals surface area contributed by atoms with Gasteiger partial charge in [0.15, 0.2) is 0 Å². The van der Waals surface area contributed by atoms with Crippen LogP contribution in [0.1, 0.15) is 5.56 Å². The van der Waals surface area contributed by atoms with Crippen molar-refractivity contribution in [3.63, 3.8) is 0 Å². The van der Waals surface area contributed by atoms with E-state index in [0.29, 0.717) is 28.7 Å². The number of aromatic nitrogens is 4. The first-order valence-electron chi connectivity index (χ1n) is 11.2. The second-order valence-corrected chi connectivity index (χ2v) is 8.39. The Kier molecular flexibility index (Phi) is 6.32. The average Bonchev–Trinajstić information content (AvgIpc) is 3.31. The quantitative estimate of drug-likeness (QED) is 0.310. The van der Waals surface area contributed by atoms with Crippen LogP contribution in [0.25, 0.3) is 34.0 Å². The summed E-state index contributed by atoms with van der Waals surface area (Å²) in [5.74, 6) is 1.04. The Balaban J connectivity index is 1.55. The maximum atomic E-state index is 13.6. The van der Waals surface area contributed by atoms with Gasteiger partial charge in [-0.2, -0.15) is 4.98 Å². The summed E-state index contributed by atoms with van der Waals surface area (Å²) in [5, 5.41) is 0. The molecule has 0 amide bonds. The molecule has 0 unspecified atom stereocenters. The molecule has 174 valence electrons. The van der Waals surface area contributed by atoms with Crippen LogP contribution in [0.5, 0.6) is 11.8 Å². The van der Waals surface area contributed by atoms with E-state index in [9.17, 15) is 4.39 Å². The van der Waals surface area contributed by atoms with Crippen LogP contribution >= 0.6 is 0 Å². The van der Waals surface area contributed by atoms with Gasteiger partial charge in [0.05, 0.1) is 17.1 Å². The summed E-state index contributed by atoms with van der Waals surface area (Å²) >= 11 is 0. The predicted octanol–water partition coefficient (Wildman–Crippen LogP) is 6.19. The van der Waals surface area contributed by atoms with Crippen LogP contribution in [-0.4, -0.2) is 38.9 Å². The molecular formula is C28H24FN5O. The lowest BCUT2D eigenvalue weighted by Crippen LogP contribution is -2.10. The van der Waals surface area contributed by atoms with Gasteiger partial charge in [-0.25, -0.2) is 14.4 Å². The summed E-state index contributed by atoms with van der Waals surface area (Å²) in [5.41, 5.74) is 4.91. The van der Waals surface area contributed by atoms with Gasteiger partial charge in [0, 0.05) is 23.9 Å². The van der Waals surface area contributed by atoms with Gasteiger partial charge in [-0.05, 0) is 62.1 Å². The van der Waals surface area contributed by atoms with Crippen LogP contribution in [0.2, 0.25) is 0 Å². The number of halogens is 1. The van der Waals surface area contributed by atoms with Crippen molar-refractivity contribution in [2.75, 3.05) is 14.1 Å². The molecule has 6 nitrogen and oxygen atoms in total. The second kappa shape index (κ2) is 9.87. The van der Waals surface area contributed by atoms with Gasteiger partial charge in [0.25, 0.3) is 0 Å². The molecular weight excluding hydrogens is 441 g/mol. The standard InChI is InChI=1S/C28H24FN5O/c1-34(2)18-19-8-10-21(11-9-19)27-32-25(20-12-14-22(29)15-13-20)26(33-27)24-16-17-30-28(31-24)35-23-6-4-3-5-7-23/h3-17H,18H2,1-2H3,(H,32,33). The Morgan fingerprint density at radius 2 is 1.54 bits per heavy atom. The van der Waals surface area contributed by atoms with Gasteiger partial charge in [-0.3, -0.25) is 0 Å². The van der Waals surface area contributed by atoms with Crippen molar-refractivity contribution in [1.82, 2.24) is 24.8 Å². The average molecular weight is 466 g/mol. The SMILES string of the molecule is CN(C)Cc1ccc(-c2nc(-c3ccc(F)cc3)c(-c3ccnc(Oc4ccccc4)n3)[nH]2)cc1. The van der Waals surface area contributed by atoms with E-state index in [0.717, 1.165) is 17.7 Å². The first-order chi connectivity index (χ1) is 17.0. The topological polar surface area (TPSA) is 66.9 Å². The number of aromatic amines is 1. The van der Waals surface area contributed by atoms with Gasteiger partial charge < -0.3 is 14.6 Å². The van der Waals surface area contributed by atoms with E-state index in [4.69, 9.17) is 9.72 Å². The molecule has 2 heterocycles. The van der Waals surface area contributed by atoms with Crippen LogP contribution in [0.4, 0.5) is 4.39 Å². The lowest BCUT2D eigenvalue weighted by atomic mass is 10.1. The zero-order chi connectivity index (χ0) is 24.2. The molecule has 2 aromatic heterocycles. The smallest absolute Gasteiger partial charge is 0.322 e. The summed E-state index contributed by atoms with van der Waals surface area (Å²) in [4.78, 5) is 19.3. The molecule has 1 N–H and O–H groups in total. The van der Waals surface area contributed by atoms with Crippen molar-refractivity contribution in [1.29, 1.82) is 0 Å². The van der Waals surface area contributed by atoms with E-state index in [1.165, 1.54) is 17.7 Å². The van der Waals surface area contributed by atoms with Gasteiger partial charge in [0.1, 0.15) is 17.4 Å². The molecule has 7 heteroatoms. The fraction of sp³-hybridized carbons (Fsp3) is 0.107. The fourth-order valence-corrected chi connectivity index (χ4v) is 3.77. The van der Waals surface area contributed by atoms with Crippen LogP contribution in [0.15, 0.2) is 91.1 Å². The number of para-hydroxylation sites is 1. The van der Waals surface area contributed by atoms with Crippen molar-refractivity contribution >= 4 is 0 Å². The van der Waals surface area contributed by atoms with Crippen LogP contribution in [-0.2, 0) is 6.54 Å². The summed E-state index contributed by atoms with van der Waals surface area (Å²) in [7, 11) is 4.08. The highest BCUT2D eigenvalue weighted by atomic mass is 19.1. The molecule has 0 aliphatic rings. The highest BCUT2D eigenvalue weighted by molar-refractivity contribution is 5.79. The van der Waals surface area contributed by atoms with E-state index in [-0.39, 0.29) is 11.8 Å². The third-order valence-corrected chi connectivity index (χ3v) is 5.39. The van der Waals surface area contributed by atoms with E-state index in [2.05, 4.69) is 32.0 Å². The Hall–Kier alpha value is -4.36. The third kappa shape index (κ3) is 5.26. The number of hydrogen-bond acceptors (Lipinski definition) is 5. The summed E-state index contributed by atoms with van der Waals surface area (Å²) in [6, 6.07) is 25.9. The molecule has 5 rings (SSSR count).